The van der Waals surface area contributed by atoms with Crippen LogP contribution in [0, 0.1) is 23.7 Å². The number of alkyl carbamates (subject to hydrolysis) is 1. The minimum Gasteiger partial charge on any atom is -0.462 e. The molecule has 59 heavy (non-hydrogen) atoms. The zero-order valence-electron chi connectivity index (χ0n) is 35.9. The van der Waals surface area contributed by atoms with Crippen LogP contribution in [0.5, 0.6) is 0 Å². The topological polar surface area (TPSA) is 169 Å². The van der Waals surface area contributed by atoms with E-state index in [1.54, 1.807) is 18.2 Å². The molecule has 322 valence electrons. The Morgan fingerprint density at radius 2 is 1.73 bits per heavy atom. The summed E-state index contributed by atoms with van der Waals surface area (Å²) in [6.07, 6.45) is 12.7. The fourth-order valence-corrected chi connectivity index (χ4v) is 10.5. The first kappa shape index (κ1) is 44.3. The van der Waals surface area contributed by atoms with E-state index < -0.39 is 44.1 Å². The molecule has 0 bridgehead atoms. The number of anilines is 1. The van der Waals surface area contributed by atoms with Crippen molar-refractivity contribution in [1.82, 2.24) is 15.5 Å². The van der Waals surface area contributed by atoms with Crippen molar-refractivity contribution in [3.05, 3.63) is 53.1 Å². The highest BCUT2D eigenvalue weighted by molar-refractivity contribution is 6.74. The predicted molar refractivity (Wildman–Crippen MR) is 226 cm³/mol. The lowest BCUT2D eigenvalue weighted by atomic mass is 9.65. The van der Waals surface area contributed by atoms with Crippen molar-refractivity contribution in [3.63, 3.8) is 0 Å². The first-order valence-electron chi connectivity index (χ1n) is 21.7. The minimum absolute atomic E-state index is 0.0572. The van der Waals surface area contributed by atoms with Gasteiger partial charge in [-0.3, -0.25) is 34.2 Å². The zero-order chi connectivity index (χ0) is 42.6. The van der Waals surface area contributed by atoms with E-state index >= 15 is 0 Å². The van der Waals surface area contributed by atoms with Crippen molar-refractivity contribution in [2.75, 3.05) is 18.4 Å². The standard InChI is InChI=1S/C45H64N4O9Si/c1-27-23-29-16-15-28(2)32(18-17-30-25-31(26-38(51)56-30)58-59(6,7)45(3,4)5)39(29)36(24-27)57-44(55)47-22-11-9-8-10-21-46-34-14-12-13-33-40(34)43(54)49(42(33)53)35-19-20-37(50)48-41(35)52/h12-16,23,27-28,30-32,35-36,39,46H,8-11,17-22,24-26H2,1-7H3,(H,47,55)(H,48,50,52)/t27-,28-,30+,31+,32-,35?,36-,39-/m0/s1. The van der Waals surface area contributed by atoms with Gasteiger partial charge in [0.2, 0.25) is 11.8 Å². The van der Waals surface area contributed by atoms with Crippen LogP contribution >= 0.6 is 0 Å². The third-order valence-electron chi connectivity index (χ3n) is 13.3. The van der Waals surface area contributed by atoms with Gasteiger partial charge >= 0.3 is 12.1 Å². The molecule has 14 heteroatoms. The summed E-state index contributed by atoms with van der Waals surface area (Å²) in [5.74, 6) is -1.42. The van der Waals surface area contributed by atoms with Crippen LogP contribution in [0.15, 0.2) is 42.0 Å². The molecule has 2 aliphatic carbocycles. The molecule has 2 fully saturated rings. The number of hydrogen-bond acceptors (Lipinski definition) is 10. The number of imide groups is 2. The number of rotatable bonds is 15. The van der Waals surface area contributed by atoms with Crippen LogP contribution in [-0.2, 0) is 28.3 Å². The van der Waals surface area contributed by atoms with Crippen molar-refractivity contribution in [3.8, 4) is 0 Å². The van der Waals surface area contributed by atoms with Gasteiger partial charge in [-0.2, -0.15) is 0 Å². The Bertz CT molecular complexity index is 1850. The van der Waals surface area contributed by atoms with Gasteiger partial charge in [-0.1, -0.05) is 71.8 Å². The summed E-state index contributed by atoms with van der Waals surface area (Å²) < 4.78 is 18.7. The number of ether oxygens (including phenoxy) is 2. The van der Waals surface area contributed by atoms with Crippen molar-refractivity contribution in [1.29, 1.82) is 0 Å². The van der Waals surface area contributed by atoms with Gasteiger partial charge in [-0.15, -0.1) is 0 Å². The number of allylic oxidation sites excluding steroid dienone is 3. The smallest absolute Gasteiger partial charge is 0.407 e. The average Bonchev–Trinajstić information content (AvgIpc) is 3.40. The highest BCUT2D eigenvalue weighted by atomic mass is 28.4. The normalized spacial score (nSPS) is 28.4. The van der Waals surface area contributed by atoms with Gasteiger partial charge < -0.3 is 24.5 Å². The van der Waals surface area contributed by atoms with E-state index in [-0.39, 0.29) is 77.0 Å². The lowest BCUT2D eigenvalue weighted by Crippen LogP contribution is -2.54. The van der Waals surface area contributed by atoms with Gasteiger partial charge in [-0.25, -0.2) is 4.79 Å². The Kier molecular flexibility index (Phi) is 13.9. The molecule has 13 nitrogen and oxygen atoms in total. The van der Waals surface area contributed by atoms with Crippen LogP contribution in [0.25, 0.3) is 0 Å². The lowest BCUT2D eigenvalue weighted by Gasteiger charge is -2.44. The monoisotopic (exact) mass is 832 g/mol. The SMILES string of the molecule is C[C@H]1C=C2C=C[C@H](C)[C@H](CC[C@@H]3C[C@@H](O[Si](C)(C)C(C)(C)C)CC(=O)O3)[C@H]2[C@@H](OC(=O)NCCCCCCNc2cccc3c2C(=O)N(C2CCC(=O)NC2=O)C3=O)C1. The van der Waals surface area contributed by atoms with Gasteiger partial charge in [0.05, 0.1) is 23.7 Å². The molecule has 3 heterocycles. The molecule has 5 aliphatic rings. The molecule has 1 aromatic carbocycles. The van der Waals surface area contributed by atoms with Crippen LogP contribution in [0.1, 0.15) is 126 Å². The number of hydrogen-bond donors (Lipinski definition) is 3. The van der Waals surface area contributed by atoms with E-state index in [0.717, 1.165) is 49.8 Å². The molecule has 3 N–H and O–H groups in total. The molecule has 3 aliphatic heterocycles. The highest BCUT2D eigenvalue weighted by Gasteiger charge is 2.46. The molecule has 0 spiro atoms. The number of cyclic esters (lactones) is 1. The second kappa shape index (κ2) is 18.5. The molecule has 2 saturated heterocycles. The molecule has 5 amide bonds. The second-order valence-electron chi connectivity index (χ2n) is 18.8. The minimum atomic E-state index is -2.04. The first-order valence-corrected chi connectivity index (χ1v) is 24.6. The number of piperidine rings is 1. The summed E-state index contributed by atoms with van der Waals surface area (Å²) in [7, 11) is -2.04. The van der Waals surface area contributed by atoms with Crippen molar-refractivity contribution in [2.24, 2.45) is 23.7 Å². The number of carbonyl (C=O) groups is 6. The number of unbranched alkanes of at least 4 members (excludes halogenated alkanes) is 3. The maximum Gasteiger partial charge on any atom is 0.407 e. The summed E-state index contributed by atoms with van der Waals surface area (Å²) in [6, 6.07) is 4.03. The van der Waals surface area contributed by atoms with Crippen LogP contribution in [0.2, 0.25) is 18.1 Å². The molecule has 6 rings (SSSR count). The number of amides is 5. The number of nitrogens with zero attached hydrogens (tertiary/aromatic N) is 1. The molecule has 1 aromatic rings. The van der Waals surface area contributed by atoms with Gasteiger partial charge in [0.1, 0.15) is 18.2 Å². The van der Waals surface area contributed by atoms with E-state index in [1.807, 2.05) is 0 Å². The molecular weight excluding hydrogens is 769 g/mol. The summed E-state index contributed by atoms with van der Waals surface area (Å²) in [4.78, 5) is 77.4. The van der Waals surface area contributed by atoms with Crippen molar-refractivity contribution in [2.45, 2.75) is 148 Å². The van der Waals surface area contributed by atoms with Crippen LogP contribution in [0.4, 0.5) is 10.5 Å². The summed E-state index contributed by atoms with van der Waals surface area (Å²) in [5, 5.41) is 8.55. The van der Waals surface area contributed by atoms with Gasteiger partial charge in [0.15, 0.2) is 8.32 Å². The molecular formula is C45H64N4O9Si. The Morgan fingerprint density at radius 3 is 2.46 bits per heavy atom. The Hall–Kier alpha value is -4.30. The predicted octanol–water partition coefficient (Wildman–Crippen LogP) is 7.44. The lowest BCUT2D eigenvalue weighted by molar-refractivity contribution is -0.160. The van der Waals surface area contributed by atoms with E-state index in [0.29, 0.717) is 31.6 Å². The number of fused-ring (bicyclic) bond motifs is 2. The molecule has 0 radical (unpaired) electrons. The third-order valence-corrected chi connectivity index (χ3v) is 17.9. The van der Waals surface area contributed by atoms with Gasteiger partial charge in [0, 0.05) is 37.5 Å². The quantitative estimate of drug-likeness (QED) is 0.0699. The Morgan fingerprint density at radius 1 is 0.983 bits per heavy atom. The first-order chi connectivity index (χ1) is 27.9. The number of esters is 1. The molecule has 8 atom stereocenters. The van der Waals surface area contributed by atoms with Crippen LogP contribution < -0.4 is 16.0 Å². The summed E-state index contributed by atoms with van der Waals surface area (Å²) in [6.45, 7) is 16.5. The van der Waals surface area contributed by atoms with Gasteiger partial charge in [0.25, 0.3) is 11.8 Å². The van der Waals surface area contributed by atoms with E-state index in [2.05, 4.69) is 81.9 Å². The zero-order valence-corrected chi connectivity index (χ0v) is 36.9. The second-order valence-corrected chi connectivity index (χ2v) is 23.6. The maximum atomic E-state index is 13.4. The summed E-state index contributed by atoms with van der Waals surface area (Å²) >= 11 is 0. The third kappa shape index (κ3) is 10.4. The average molecular weight is 833 g/mol. The van der Waals surface area contributed by atoms with Gasteiger partial charge in [-0.05, 0) is 92.1 Å². The number of benzene rings is 1. The fourth-order valence-electron chi connectivity index (χ4n) is 9.16. The largest absolute Gasteiger partial charge is 0.462 e. The van der Waals surface area contributed by atoms with Crippen LogP contribution in [-0.4, -0.2) is 86.4 Å². The highest BCUT2D eigenvalue weighted by Crippen LogP contribution is 2.46. The molecule has 0 saturated carbocycles. The van der Waals surface area contributed by atoms with Crippen LogP contribution in [0.3, 0.4) is 0 Å². The van der Waals surface area contributed by atoms with E-state index in [4.69, 9.17) is 13.9 Å². The van der Waals surface area contributed by atoms with Crippen molar-refractivity contribution < 1.29 is 42.7 Å². The number of nitrogens with one attached hydrogen (secondary N) is 3. The van der Waals surface area contributed by atoms with Crippen molar-refractivity contribution >= 4 is 49.7 Å². The molecule has 0 aromatic heterocycles. The Balaban J connectivity index is 0.937. The van der Waals surface area contributed by atoms with E-state index in [9.17, 15) is 28.8 Å². The maximum absolute atomic E-state index is 13.4. The number of carbonyl (C=O) groups excluding carboxylic acids is 6. The Labute approximate surface area is 349 Å². The summed E-state index contributed by atoms with van der Waals surface area (Å²) in [5.41, 5.74) is 2.26. The fraction of sp³-hybridized carbons (Fsp3) is 0.644. The molecule has 1 unspecified atom stereocenters. The van der Waals surface area contributed by atoms with E-state index in [1.165, 1.54) is 5.57 Å².